The summed E-state index contributed by atoms with van der Waals surface area (Å²) in [5, 5.41) is 0.967. The van der Waals surface area contributed by atoms with Crippen molar-refractivity contribution in [1.29, 1.82) is 0 Å². The van der Waals surface area contributed by atoms with Gasteiger partial charge in [0, 0.05) is 30.2 Å². The summed E-state index contributed by atoms with van der Waals surface area (Å²) in [5.74, 6) is 0.543. The Morgan fingerprint density at radius 3 is 2.55 bits per heavy atom. The summed E-state index contributed by atoms with van der Waals surface area (Å²) >= 11 is 12.4. The fraction of sp³-hybridized carbons (Fsp3) is 0.318. The summed E-state index contributed by atoms with van der Waals surface area (Å²) in [5.41, 5.74) is 1.88. The minimum absolute atomic E-state index is 0.174. The molecule has 1 fully saturated rings. The first-order valence-corrected chi connectivity index (χ1v) is 10.2. The Kier molecular flexibility index (Phi) is 6.11. The summed E-state index contributed by atoms with van der Waals surface area (Å²) in [7, 11) is 0. The highest BCUT2D eigenvalue weighted by atomic mass is 35.5. The predicted octanol–water partition coefficient (Wildman–Crippen LogP) is 4.79. The van der Waals surface area contributed by atoms with Crippen LogP contribution < -0.4 is 10.2 Å². The van der Waals surface area contributed by atoms with Crippen LogP contribution in [0.4, 0.5) is 0 Å². The van der Waals surface area contributed by atoms with Gasteiger partial charge in [0.2, 0.25) is 11.2 Å². The Bertz CT molecular complexity index is 1070. The van der Waals surface area contributed by atoms with Crippen molar-refractivity contribution in [1.82, 2.24) is 4.90 Å². The van der Waals surface area contributed by atoms with Gasteiger partial charge in [0.05, 0.1) is 23.6 Å². The molecule has 0 aliphatic carbocycles. The first-order chi connectivity index (χ1) is 14.0. The third-order valence-electron chi connectivity index (χ3n) is 4.94. The molecule has 0 bridgehead atoms. The SMILES string of the molecule is Cc1ccc(-c2oc3c(Cl)cc(Cl)cc3c(=O)c2OCCN2CCOCC2)cc1. The molecule has 1 aliphatic rings. The van der Waals surface area contributed by atoms with Gasteiger partial charge in [-0.3, -0.25) is 9.69 Å². The predicted molar refractivity (Wildman–Crippen MR) is 115 cm³/mol. The first-order valence-electron chi connectivity index (χ1n) is 9.49. The Morgan fingerprint density at radius 1 is 1.10 bits per heavy atom. The third kappa shape index (κ3) is 4.43. The molecule has 0 N–H and O–H groups in total. The molecule has 0 saturated carbocycles. The summed E-state index contributed by atoms with van der Waals surface area (Å²) in [4.78, 5) is 15.5. The second-order valence-corrected chi connectivity index (χ2v) is 7.87. The van der Waals surface area contributed by atoms with Gasteiger partial charge in [-0.05, 0) is 19.1 Å². The van der Waals surface area contributed by atoms with Crippen LogP contribution in [0.2, 0.25) is 10.0 Å². The number of halogens is 2. The Labute approximate surface area is 178 Å². The van der Waals surface area contributed by atoms with E-state index in [1.165, 1.54) is 0 Å². The van der Waals surface area contributed by atoms with E-state index in [1.807, 2.05) is 31.2 Å². The van der Waals surface area contributed by atoms with Gasteiger partial charge in [0.25, 0.3) is 0 Å². The van der Waals surface area contributed by atoms with Crippen molar-refractivity contribution in [2.75, 3.05) is 39.5 Å². The zero-order chi connectivity index (χ0) is 20.4. The van der Waals surface area contributed by atoms with Crippen LogP contribution in [-0.4, -0.2) is 44.4 Å². The Hall–Kier alpha value is -2.05. The van der Waals surface area contributed by atoms with Crippen molar-refractivity contribution in [2.24, 2.45) is 0 Å². The summed E-state index contributed by atoms with van der Waals surface area (Å²) < 4.78 is 17.4. The molecule has 1 aromatic heterocycles. The molecule has 0 unspecified atom stereocenters. The summed E-state index contributed by atoms with van der Waals surface area (Å²) in [6.07, 6.45) is 0. The highest BCUT2D eigenvalue weighted by molar-refractivity contribution is 6.38. The number of ether oxygens (including phenoxy) is 2. The smallest absolute Gasteiger partial charge is 0.235 e. The molecule has 2 aromatic carbocycles. The van der Waals surface area contributed by atoms with Gasteiger partial charge >= 0.3 is 0 Å². The van der Waals surface area contributed by atoms with Crippen molar-refractivity contribution >= 4 is 34.2 Å². The number of benzene rings is 2. The molecule has 3 aromatic rings. The van der Waals surface area contributed by atoms with Crippen molar-refractivity contribution in [3.8, 4) is 17.1 Å². The second kappa shape index (κ2) is 8.76. The highest BCUT2D eigenvalue weighted by Crippen LogP contribution is 2.35. The van der Waals surface area contributed by atoms with E-state index in [-0.39, 0.29) is 16.2 Å². The van der Waals surface area contributed by atoms with Crippen LogP contribution in [0.5, 0.6) is 5.75 Å². The molecular weight excluding hydrogens is 413 g/mol. The Morgan fingerprint density at radius 2 is 1.83 bits per heavy atom. The molecule has 29 heavy (non-hydrogen) atoms. The van der Waals surface area contributed by atoms with Gasteiger partial charge in [0.1, 0.15) is 6.61 Å². The highest BCUT2D eigenvalue weighted by Gasteiger charge is 2.20. The molecule has 5 nitrogen and oxygen atoms in total. The molecule has 7 heteroatoms. The number of hydrogen-bond acceptors (Lipinski definition) is 5. The van der Waals surface area contributed by atoms with Gasteiger partial charge in [-0.15, -0.1) is 0 Å². The molecule has 152 valence electrons. The van der Waals surface area contributed by atoms with Crippen LogP contribution >= 0.6 is 23.2 Å². The lowest BCUT2D eigenvalue weighted by Crippen LogP contribution is -2.38. The van der Waals surface area contributed by atoms with Crippen molar-refractivity contribution in [2.45, 2.75) is 6.92 Å². The zero-order valence-electron chi connectivity index (χ0n) is 16.0. The van der Waals surface area contributed by atoms with E-state index in [2.05, 4.69) is 4.90 Å². The summed E-state index contributed by atoms with van der Waals surface area (Å²) in [6.45, 7) is 6.19. The lowest BCUT2D eigenvalue weighted by atomic mass is 10.1. The van der Waals surface area contributed by atoms with Crippen LogP contribution in [0.25, 0.3) is 22.3 Å². The molecule has 1 saturated heterocycles. The van der Waals surface area contributed by atoms with Crippen LogP contribution in [-0.2, 0) is 4.74 Å². The monoisotopic (exact) mass is 433 g/mol. The number of morpholine rings is 1. The van der Waals surface area contributed by atoms with Crippen LogP contribution in [0.3, 0.4) is 0 Å². The van der Waals surface area contributed by atoms with Crippen molar-refractivity contribution in [3.63, 3.8) is 0 Å². The average molecular weight is 434 g/mol. The number of rotatable bonds is 5. The van der Waals surface area contributed by atoms with E-state index in [1.54, 1.807) is 12.1 Å². The number of aryl methyl sites for hydroxylation is 1. The van der Waals surface area contributed by atoms with E-state index >= 15 is 0 Å². The molecule has 0 spiro atoms. The molecule has 0 radical (unpaired) electrons. The molecular formula is C22H21Cl2NO4. The van der Waals surface area contributed by atoms with Gasteiger partial charge in [0.15, 0.2) is 11.3 Å². The first kappa shape index (κ1) is 20.2. The molecule has 0 amide bonds. The van der Waals surface area contributed by atoms with Gasteiger partial charge in [-0.1, -0.05) is 53.0 Å². The van der Waals surface area contributed by atoms with E-state index in [4.69, 9.17) is 37.1 Å². The largest absolute Gasteiger partial charge is 0.485 e. The standard InChI is InChI=1S/C22H21Cl2NO4/c1-14-2-4-15(5-3-14)20-22(28-11-8-25-6-9-27-10-7-25)19(26)17-12-16(23)13-18(24)21(17)29-20/h2-5,12-13H,6-11H2,1H3. The van der Waals surface area contributed by atoms with Crippen molar-refractivity contribution in [3.05, 3.63) is 62.2 Å². The lowest BCUT2D eigenvalue weighted by molar-refractivity contribution is 0.0321. The fourth-order valence-electron chi connectivity index (χ4n) is 3.33. The topological polar surface area (TPSA) is 51.9 Å². The molecule has 2 heterocycles. The third-order valence-corrected chi connectivity index (χ3v) is 5.44. The van der Waals surface area contributed by atoms with E-state index in [9.17, 15) is 4.79 Å². The quantitative estimate of drug-likeness (QED) is 0.578. The fourth-order valence-corrected chi connectivity index (χ4v) is 3.87. The number of hydrogen-bond donors (Lipinski definition) is 0. The minimum atomic E-state index is -0.284. The molecule has 1 aliphatic heterocycles. The van der Waals surface area contributed by atoms with Crippen molar-refractivity contribution < 1.29 is 13.9 Å². The van der Waals surface area contributed by atoms with E-state index in [0.29, 0.717) is 48.1 Å². The van der Waals surface area contributed by atoms with E-state index in [0.717, 1.165) is 24.2 Å². The zero-order valence-corrected chi connectivity index (χ0v) is 17.6. The summed E-state index contributed by atoms with van der Waals surface area (Å²) in [6, 6.07) is 10.8. The lowest BCUT2D eigenvalue weighted by Gasteiger charge is -2.26. The average Bonchev–Trinajstić information content (AvgIpc) is 2.71. The van der Waals surface area contributed by atoms with Crippen LogP contribution in [0, 0.1) is 6.92 Å². The van der Waals surface area contributed by atoms with Gasteiger partial charge < -0.3 is 13.9 Å². The maximum absolute atomic E-state index is 13.2. The maximum atomic E-state index is 13.2. The number of fused-ring (bicyclic) bond motifs is 1. The Balaban J connectivity index is 1.74. The van der Waals surface area contributed by atoms with Gasteiger partial charge in [-0.25, -0.2) is 0 Å². The molecule has 4 rings (SSSR count). The van der Waals surface area contributed by atoms with Crippen LogP contribution in [0.15, 0.2) is 45.6 Å². The number of nitrogens with zero attached hydrogens (tertiary/aromatic N) is 1. The van der Waals surface area contributed by atoms with E-state index < -0.39 is 0 Å². The van der Waals surface area contributed by atoms with Crippen LogP contribution in [0.1, 0.15) is 5.56 Å². The minimum Gasteiger partial charge on any atom is -0.485 e. The van der Waals surface area contributed by atoms with Gasteiger partial charge in [-0.2, -0.15) is 0 Å². The maximum Gasteiger partial charge on any atom is 0.235 e. The normalized spacial score (nSPS) is 15.0. The second-order valence-electron chi connectivity index (χ2n) is 7.02. The molecule has 0 atom stereocenters.